The van der Waals surface area contributed by atoms with Crippen molar-refractivity contribution in [1.29, 1.82) is 0 Å². The standard InChI is InChI=1S/C23H21BrO4/c1-23(22(25)26,28-21-9-5-8-19(24)14-21)15-17-10-12-20(13-11-17)27-16-18-6-3-2-4-7-18/h2-14H,15-16H2,1H3,(H,25,26). The molecule has 5 heteroatoms. The highest BCUT2D eigenvalue weighted by Gasteiger charge is 2.36. The molecule has 0 aliphatic carbocycles. The van der Waals surface area contributed by atoms with Gasteiger partial charge in [-0.25, -0.2) is 4.79 Å². The molecule has 0 saturated carbocycles. The van der Waals surface area contributed by atoms with Crippen molar-refractivity contribution in [2.24, 2.45) is 0 Å². The molecular weight excluding hydrogens is 420 g/mol. The first-order valence-corrected chi connectivity index (χ1v) is 9.67. The van der Waals surface area contributed by atoms with E-state index >= 15 is 0 Å². The number of halogens is 1. The SMILES string of the molecule is CC(Cc1ccc(OCc2ccccc2)cc1)(Oc1cccc(Br)c1)C(=O)O. The van der Waals surface area contributed by atoms with E-state index < -0.39 is 11.6 Å². The van der Waals surface area contributed by atoms with E-state index in [9.17, 15) is 9.90 Å². The van der Waals surface area contributed by atoms with Gasteiger partial charge in [0.2, 0.25) is 5.60 Å². The summed E-state index contributed by atoms with van der Waals surface area (Å²) in [5, 5.41) is 9.73. The molecule has 4 nitrogen and oxygen atoms in total. The summed E-state index contributed by atoms with van der Waals surface area (Å²) in [4.78, 5) is 11.9. The Kier molecular flexibility index (Phi) is 6.37. The van der Waals surface area contributed by atoms with Crippen LogP contribution in [-0.4, -0.2) is 16.7 Å². The summed E-state index contributed by atoms with van der Waals surface area (Å²) in [6.07, 6.45) is 0.230. The van der Waals surface area contributed by atoms with E-state index in [1.807, 2.05) is 60.7 Å². The molecule has 1 unspecified atom stereocenters. The summed E-state index contributed by atoms with van der Waals surface area (Å²) in [6, 6.07) is 24.5. The van der Waals surface area contributed by atoms with Crippen molar-refractivity contribution in [3.05, 3.63) is 94.5 Å². The van der Waals surface area contributed by atoms with Crippen molar-refractivity contribution in [2.75, 3.05) is 0 Å². The van der Waals surface area contributed by atoms with Crippen LogP contribution in [0.4, 0.5) is 0 Å². The molecule has 0 fully saturated rings. The number of hydrogen-bond donors (Lipinski definition) is 1. The molecule has 0 aromatic heterocycles. The minimum absolute atomic E-state index is 0.230. The maximum absolute atomic E-state index is 11.9. The number of carboxylic acids is 1. The van der Waals surface area contributed by atoms with Crippen LogP contribution in [0.5, 0.6) is 11.5 Å². The summed E-state index contributed by atoms with van der Waals surface area (Å²) >= 11 is 3.37. The van der Waals surface area contributed by atoms with E-state index in [0.717, 1.165) is 21.3 Å². The quantitative estimate of drug-likeness (QED) is 0.502. The molecule has 0 radical (unpaired) electrons. The highest BCUT2D eigenvalue weighted by Crippen LogP contribution is 2.26. The van der Waals surface area contributed by atoms with Gasteiger partial charge in [0, 0.05) is 10.9 Å². The molecule has 144 valence electrons. The van der Waals surface area contributed by atoms with Gasteiger partial charge >= 0.3 is 5.97 Å². The lowest BCUT2D eigenvalue weighted by molar-refractivity contribution is -0.153. The van der Waals surface area contributed by atoms with Crippen LogP contribution in [0.25, 0.3) is 0 Å². The number of aliphatic carboxylic acids is 1. The Bertz CT molecular complexity index is 925. The summed E-state index contributed by atoms with van der Waals surface area (Å²) in [7, 11) is 0. The van der Waals surface area contributed by atoms with Gasteiger partial charge in [0.05, 0.1) is 0 Å². The highest BCUT2D eigenvalue weighted by atomic mass is 79.9. The number of carbonyl (C=O) groups is 1. The Labute approximate surface area is 172 Å². The lowest BCUT2D eigenvalue weighted by Crippen LogP contribution is -2.43. The van der Waals surface area contributed by atoms with Gasteiger partial charge in [-0.1, -0.05) is 64.5 Å². The molecule has 1 atom stereocenters. The molecule has 1 N–H and O–H groups in total. The summed E-state index contributed by atoms with van der Waals surface area (Å²) in [5.41, 5.74) is 0.562. The minimum Gasteiger partial charge on any atom is -0.489 e. The number of benzene rings is 3. The Hall–Kier alpha value is -2.79. The Morgan fingerprint density at radius 3 is 2.29 bits per heavy atom. The maximum Gasteiger partial charge on any atom is 0.348 e. The third kappa shape index (κ3) is 5.36. The van der Waals surface area contributed by atoms with Gasteiger partial charge in [0.1, 0.15) is 18.1 Å². The van der Waals surface area contributed by atoms with Crippen LogP contribution >= 0.6 is 15.9 Å². The largest absolute Gasteiger partial charge is 0.489 e. The second-order valence-electron chi connectivity index (χ2n) is 6.69. The van der Waals surface area contributed by atoms with E-state index in [0.29, 0.717) is 12.4 Å². The zero-order valence-corrected chi connectivity index (χ0v) is 17.1. The molecule has 3 rings (SSSR count). The molecule has 0 saturated heterocycles. The number of hydrogen-bond acceptors (Lipinski definition) is 3. The van der Waals surface area contributed by atoms with Crippen LogP contribution in [0.3, 0.4) is 0 Å². The molecule has 0 aliphatic rings. The van der Waals surface area contributed by atoms with Crippen LogP contribution in [0, 0.1) is 0 Å². The van der Waals surface area contributed by atoms with Crippen LogP contribution in [-0.2, 0) is 17.8 Å². The first kappa shape index (κ1) is 20.0. The molecule has 0 amide bonds. The molecule has 0 heterocycles. The number of ether oxygens (including phenoxy) is 2. The number of rotatable bonds is 8. The van der Waals surface area contributed by atoms with Crippen LogP contribution < -0.4 is 9.47 Å². The van der Waals surface area contributed by atoms with E-state index in [2.05, 4.69) is 15.9 Å². The third-order valence-electron chi connectivity index (χ3n) is 4.30. The predicted octanol–water partition coefficient (Wildman–Crippen LogP) is 5.49. The fraction of sp³-hybridized carbons (Fsp3) is 0.174. The average Bonchev–Trinajstić information content (AvgIpc) is 2.68. The van der Waals surface area contributed by atoms with Gasteiger partial charge in [-0.3, -0.25) is 0 Å². The summed E-state index contributed by atoms with van der Waals surface area (Å²) in [5.74, 6) is 0.219. The van der Waals surface area contributed by atoms with E-state index in [-0.39, 0.29) is 6.42 Å². The first-order chi connectivity index (χ1) is 13.4. The lowest BCUT2D eigenvalue weighted by Gasteiger charge is -2.26. The molecule has 0 bridgehead atoms. The second kappa shape index (κ2) is 8.93. The fourth-order valence-electron chi connectivity index (χ4n) is 2.78. The van der Waals surface area contributed by atoms with Gasteiger partial charge in [0.15, 0.2) is 0 Å². The molecule has 3 aromatic rings. The fourth-order valence-corrected chi connectivity index (χ4v) is 3.16. The predicted molar refractivity (Wildman–Crippen MR) is 112 cm³/mol. The molecule has 0 spiro atoms. The number of carboxylic acid groups (broad SMARTS) is 1. The normalized spacial score (nSPS) is 12.8. The van der Waals surface area contributed by atoms with Crippen molar-refractivity contribution in [3.8, 4) is 11.5 Å². The monoisotopic (exact) mass is 440 g/mol. The van der Waals surface area contributed by atoms with Crippen molar-refractivity contribution < 1.29 is 19.4 Å². The third-order valence-corrected chi connectivity index (χ3v) is 4.80. The Morgan fingerprint density at radius 2 is 1.64 bits per heavy atom. The highest BCUT2D eigenvalue weighted by molar-refractivity contribution is 9.10. The van der Waals surface area contributed by atoms with Crippen molar-refractivity contribution in [2.45, 2.75) is 25.6 Å². The molecule has 3 aromatic carbocycles. The Morgan fingerprint density at radius 1 is 0.929 bits per heavy atom. The molecular formula is C23H21BrO4. The summed E-state index contributed by atoms with van der Waals surface area (Å²) in [6.45, 7) is 2.06. The van der Waals surface area contributed by atoms with Gasteiger partial charge < -0.3 is 14.6 Å². The maximum atomic E-state index is 11.9. The van der Waals surface area contributed by atoms with E-state index in [4.69, 9.17) is 9.47 Å². The second-order valence-corrected chi connectivity index (χ2v) is 7.61. The smallest absolute Gasteiger partial charge is 0.348 e. The van der Waals surface area contributed by atoms with Crippen molar-refractivity contribution in [3.63, 3.8) is 0 Å². The van der Waals surface area contributed by atoms with Crippen LogP contribution in [0.15, 0.2) is 83.3 Å². The molecule has 0 aliphatic heterocycles. The van der Waals surface area contributed by atoms with E-state index in [1.54, 1.807) is 25.1 Å². The zero-order valence-electron chi connectivity index (χ0n) is 15.5. The van der Waals surface area contributed by atoms with Gasteiger partial charge in [-0.05, 0) is 48.4 Å². The topological polar surface area (TPSA) is 55.8 Å². The van der Waals surface area contributed by atoms with Gasteiger partial charge in [-0.15, -0.1) is 0 Å². The van der Waals surface area contributed by atoms with Crippen LogP contribution in [0.2, 0.25) is 0 Å². The van der Waals surface area contributed by atoms with Crippen molar-refractivity contribution in [1.82, 2.24) is 0 Å². The Balaban J connectivity index is 1.67. The minimum atomic E-state index is -1.38. The summed E-state index contributed by atoms with van der Waals surface area (Å²) < 4.78 is 12.4. The first-order valence-electron chi connectivity index (χ1n) is 8.88. The molecule has 28 heavy (non-hydrogen) atoms. The average molecular weight is 441 g/mol. The van der Waals surface area contributed by atoms with Crippen molar-refractivity contribution >= 4 is 21.9 Å². The van der Waals surface area contributed by atoms with Gasteiger partial charge in [-0.2, -0.15) is 0 Å². The van der Waals surface area contributed by atoms with Gasteiger partial charge in [0.25, 0.3) is 0 Å². The van der Waals surface area contributed by atoms with Crippen LogP contribution in [0.1, 0.15) is 18.1 Å². The zero-order chi connectivity index (χ0) is 20.0. The lowest BCUT2D eigenvalue weighted by atomic mass is 9.96. The van der Waals surface area contributed by atoms with E-state index in [1.165, 1.54) is 0 Å².